The summed E-state index contributed by atoms with van der Waals surface area (Å²) < 4.78 is 5.27. The summed E-state index contributed by atoms with van der Waals surface area (Å²) in [6, 6.07) is 8.22. The molecule has 3 aromatic rings. The third kappa shape index (κ3) is 2.46. The van der Waals surface area contributed by atoms with Crippen LogP contribution in [0.25, 0.3) is 16.7 Å². The highest BCUT2D eigenvalue weighted by molar-refractivity contribution is 5.75. The number of aryl methyl sites for hydroxylation is 2. The van der Waals surface area contributed by atoms with Crippen molar-refractivity contribution in [1.29, 1.82) is 0 Å². The fourth-order valence-electron chi connectivity index (χ4n) is 3.17. The molecular weight excluding hydrogens is 286 g/mol. The molecule has 0 N–H and O–H groups in total. The third-order valence-electron chi connectivity index (χ3n) is 4.26. The Morgan fingerprint density at radius 2 is 2.09 bits per heavy atom. The van der Waals surface area contributed by atoms with Crippen molar-refractivity contribution in [3.63, 3.8) is 0 Å². The van der Waals surface area contributed by atoms with Crippen LogP contribution in [-0.2, 0) is 12.8 Å². The third-order valence-corrected chi connectivity index (χ3v) is 4.26. The smallest absolute Gasteiger partial charge is 0.141 e. The Hall–Kier alpha value is -2.75. The number of pyridine rings is 2. The van der Waals surface area contributed by atoms with Crippen LogP contribution in [-0.4, -0.2) is 15.1 Å². The van der Waals surface area contributed by atoms with Gasteiger partial charge in [0.05, 0.1) is 11.4 Å². The van der Waals surface area contributed by atoms with Gasteiger partial charge in [-0.15, -0.1) is 0 Å². The van der Waals surface area contributed by atoms with E-state index in [0.717, 1.165) is 46.8 Å². The van der Waals surface area contributed by atoms with E-state index in [9.17, 15) is 0 Å². The van der Waals surface area contributed by atoms with Crippen molar-refractivity contribution in [2.75, 3.05) is 0 Å². The molecule has 0 aromatic carbocycles. The van der Waals surface area contributed by atoms with E-state index in [1.54, 1.807) is 0 Å². The van der Waals surface area contributed by atoms with Crippen LogP contribution < -0.4 is 0 Å². The minimum absolute atomic E-state index is 0.825. The van der Waals surface area contributed by atoms with Gasteiger partial charge < -0.3 is 4.52 Å². The zero-order valence-electron chi connectivity index (χ0n) is 13.2. The van der Waals surface area contributed by atoms with Crippen molar-refractivity contribution in [2.24, 2.45) is 0 Å². The molecule has 1 aliphatic rings. The van der Waals surface area contributed by atoms with Crippen molar-refractivity contribution < 1.29 is 4.52 Å². The van der Waals surface area contributed by atoms with E-state index < -0.39 is 0 Å². The highest BCUT2D eigenvalue weighted by Gasteiger charge is 2.19. The molecule has 0 radical (unpaired) electrons. The average molecular weight is 303 g/mol. The fourth-order valence-corrected chi connectivity index (χ4v) is 3.17. The normalized spacial score (nSPS) is 13.0. The Morgan fingerprint density at radius 1 is 1.17 bits per heavy atom. The van der Waals surface area contributed by atoms with E-state index in [1.807, 2.05) is 38.4 Å². The summed E-state index contributed by atoms with van der Waals surface area (Å²) >= 11 is 0. The van der Waals surface area contributed by atoms with Crippen molar-refractivity contribution in [3.8, 4) is 11.1 Å². The molecule has 0 saturated heterocycles. The van der Waals surface area contributed by atoms with Crippen LogP contribution >= 0.6 is 0 Å². The lowest BCUT2D eigenvalue weighted by molar-refractivity contribution is 0.393. The van der Waals surface area contributed by atoms with Crippen LogP contribution in [0.15, 0.2) is 47.3 Å². The predicted molar refractivity (Wildman–Crippen MR) is 88.8 cm³/mol. The van der Waals surface area contributed by atoms with Crippen LogP contribution in [0.5, 0.6) is 0 Å². The summed E-state index contributed by atoms with van der Waals surface area (Å²) in [5, 5.41) is 4.03. The lowest BCUT2D eigenvalue weighted by Crippen LogP contribution is -1.96. The molecule has 0 spiro atoms. The molecule has 0 atom stereocenters. The van der Waals surface area contributed by atoms with E-state index in [0.29, 0.717) is 0 Å². The van der Waals surface area contributed by atoms with Crippen molar-refractivity contribution in [1.82, 2.24) is 15.1 Å². The summed E-state index contributed by atoms with van der Waals surface area (Å²) in [5.41, 5.74) is 7.71. The van der Waals surface area contributed by atoms with Crippen LogP contribution in [0.1, 0.15) is 28.4 Å². The monoisotopic (exact) mass is 303 g/mol. The largest absolute Gasteiger partial charge is 0.361 e. The Bertz CT molecular complexity index is 875. The number of allylic oxidation sites excluding steroid dienone is 2. The first kappa shape index (κ1) is 13.9. The number of rotatable bonds is 3. The maximum atomic E-state index is 5.27. The molecule has 1 aliphatic carbocycles. The second-order valence-corrected chi connectivity index (χ2v) is 5.86. The molecular formula is C19H17N3O. The minimum Gasteiger partial charge on any atom is -0.361 e. The number of nitrogens with zero attached hydrogens (tertiary/aromatic N) is 3. The zero-order valence-corrected chi connectivity index (χ0v) is 13.2. The number of aromatic nitrogens is 3. The first-order chi connectivity index (χ1) is 11.2. The molecule has 0 saturated carbocycles. The van der Waals surface area contributed by atoms with Crippen LogP contribution in [0, 0.1) is 13.8 Å². The molecule has 3 heterocycles. The van der Waals surface area contributed by atoms with Gasteiger partial charge in [0.25, 0.3) is 0 Å². The topological polar surface area (TPSA) is 51.8 Å². The maximum Gasteiger partial charge on any atom is 0.141 e. The molecule has 3 aromatic heterocycles. The second kappa shape index (κ2) is 5.47. The summed E-state index contributed by atoms with van der Waals surface area (Å²) in [6.07, 6.45) is 7.75. The molecule has 0 unspecified atom stereocenters. The Labute approximate surface area is 134 Å². The van der Waals surface area contributed by atoms with E-state index in [4.69, 9.17) is 9.51 Å². The van der Waals surface area contributed by atoms with Crippen LogP contribution in [0.3, 0.4) is 0 Å². The van der Waals surface area contributed by atoms with Gasteiger partial charge in [-0.2, -0.15) is 0 Å². The van der Waals surface area contributed by atoms with Crippen molar-refractivity contribution in [3.05, 3.63) is 71.1 Å². The van der Waals surface area contributed by atoms with Gasteiger partial charge in [-0.3, -0.25) is 9.97 Å². The van der Waals surface area contributed by atoms with Gasteiger partial charge in [-0.05, 0) is 49.6 Å². The molecule has 23 heavy (non-hydrogen) atoms. The van der Waals surface area contributed by atoms with Crippen LogP contribution in [0.4, 0.5) is 0 Å². The Balaban J connectivity index is 1.66. The quantitative estimate of drug-likeness (QED) is 0.735. The average Bonchev–Trinajstić information content (AvgIpc) is 3.11. The standard InChI is InChI=1S/C19H17N3O/c1-12-18(13(2)23-22-12)16-9-14-6-7-15(19(14)21-11-16)10-17-5-3-4-8-20-17/h3-5,7-9,11H,6,10H2,1-2H3. The number of fused-ring (bicyclic) bond motifs is 1. The lowest BCUT2D eigenvalue weighted by atomic mass is 10.0. The Kier molecular flexibility index (Phi) is 3.30. The van der Waals surface area contributed by atoms with Gasteiger partial charge in [-0.25, -0.2) is 0 Å². The van der Waals surface area contributed by atoms with E-state index in [1.165, 1.54) is 11.1 Å². The van der Waals surface area contributed by atoms with Gasteiger partial charge in [0.1, 0.15) is 5.76 Å². The molecule has 0 aliphatic heterocycles. The van der Waals surface area contributed by atoms with Gasteiger partial charge in [0.2, 0.25) is 0 Å². The molecule has 114 valence electrons. The lowest BCUT2D eigenvalue weighted by Gasteiger charge is -2.07. The molecule has 0 bridgehead atoms. The zero-order chi connectivity index (χ0) is 15.8. The van der Waals surface area contributed by atoms with Crippen molar-refractivity contribution >= 4 is 5.57 Å². The van der Waals surface area contributed by atoms with Gasteiger partial charge >= 0.3 is 0 Å². The summed E-state index contributed by atoms with van der Waals surface area (Å²) in [5.74, 6) is 0.837. The maximum absolute atomic E-state index is 5.27. The Morgan fingerprint density at radius 3 is 2.83 bits per heavy atom. The highest BCUT2D eigenvalue weighted by atomic mass is 16.5. The highest BCUT2D eigenvalue weighted by Crippen LogP contribution is 2.33. The van der Waals surface area contributed by atoms with Gasteiger partial charge in [0.15, 0.2) is 0 Å². The second-order valence-electron chi connectivity index (χ2n) is 5.86. The van der Waals surface area contributed by atoms with Gasteiger partial charge in [0, 0.05) is 35.6 Å². The number of hydrogen-bond acceptors (Lipinski definition) is 4. The minimum atomic E-state index is 0.825. The molecule has 0 amide bonds. The fraction of sp³-hybridized carbons (Fsp3) is 0.211. The van der Waals surface area contributed by atoms with E-state index in [2.05, 4.69) is 28.3 Å². The summed E-state index contributed by atoms with van der Waals surface area (Å²) in [4.78, 5) is 9.12. The first-order valence-corrected chi connectivity index (χ1v) is 7.74. The molecule has 4 heteroatoms. The van der Waals surface area contributed by atoms with E-state index >= 15 is 0 Å². The summed E-state index contributed by atoms with van der Waals surface area (Å²) in [6.45, 7) is 3.90. The first-order valence-electron chi connectivity index (χ1n) is 7.74. The molecule has 0 fully saturated rings. The summed E-state index contributed by atoms with van der Waals surface area (Å²) in [7, 11) is 0. The molecule has 4 nitrogen and oxygen atoms in total. The molecule has 4 rings (SSSR count). The van der Waals surface area contributed by atoms with Crippen molar-refractivity contribution in [2.45, 2.75) is 26.7 Å². The number of hydrogen-bond donors (Lipinski definition) is 0. The van der Waals surface area contributed by atoms with Gasteiger partial charge in [-0.1, -0.05) is 17.3 Å². The van der Waals surface area contributed by atoms with Crippen LogP contribution in [0.2, 0.25) is 0 Å². The predicted octanol–water partition coefficient (Wildman–Crippen LogP) is 3.93. The van der Waals surface area contributed by atoms with E-state index in [-0.39, 0.29) is 0 Å². The SMILES string of the molecule is Cc1noc(C)c1-c1cnc2c(c1)CC=C2Cc1ccccn1.